The molecule has 0 spiro atoms. The van der Waals surface area contributed by atoms with Gasteiger partial charge in [0.05, 0.1) is 6.04 Å². The van der Waals surface area contributed by atoms with Gasteiger partial charge in [-0.05, 0) is 18.4 Å². The van der Waals surface area contributed by atoms with Gasteiger partial charge in [-0.25, -0.2) is 0 Å². The molecule has 1 aliphatic rings. The van der Waals surface area contributed by atoms with Crippen molar-refractivity contribution in [3.05, 3.63) is 35.9 Å². The fourth-order valence-electron chi connectivity index (χ4n) is 2.91. The highest BCUT2D eigenvalue weighted by Crippen LogP contribution is 2.45. The summed E-state index contributed by atoms with van der Waals surface area (Å²) in [6.45, 7) is 1.89. The van der Waals surface area contributed by atoms with E-state index < -0.39 is 18.0 Å². The number of carbonyl (C=O) groups excluding carboxylic acids is 1. The second kappa shape index (κ2) is 5.46. The fourth-order valence-corrected chi connectivity index (χ4v) is 2.91. The minimum atomic E-state index is -4.13. The van der Waals surface area contributed by atoms with E-state index in [4.69, 9.17) is 0 Å². The van der Waals surface area contributed by atoms with Crippen LogP contribution in [0.3, 0.4) is 0 Å². The van der Waals surface area contributed by atoms with Gasteiger partial charge < -0.3 is 5.32 Å². The number of rotatable bonds is 4. The lowest BCUT2D eigenvalue weighted by Gasteiger charge is -2.30. The first kappa shape index (κ1) is 14.9. The summed E-state index contributed by atoms with van der Waals surface area (Å²) >= 11 is 0. The molecule has 0 radical (unpaired) electrons. The molecule has 0 bridgehead atoms. The molecule has 1 saturated heterocycles. The molecule has 20 heavy (non-hydrogen) atoms. The van der Waals surface area contributed by atoms with Crippen LogP contribution >= 0.6 is 0 Å². The Kier molecular flexibility index (Phi) is 4.06. The lowest BCUT2D eigenvalue weighted by atomic mass is 9.75. The molecule has 2 rings (SSSR count). The molecule has 1 aromatic carbocycles. The molecule has 1 N–H and O–H groups in total. The number of hydrogen-bond donors (Lipinski definition) is 1. The van der Waals surface area contributed by atoms with Crippen molar-refractivity contribution >= 4 is 5.91 Å². The van der Waals surface area contributed by atoms with Crippen LogP contribution in [0, 0.1) is 5.41 Å². The van der Waals surface area contributed by atoms with Crippen molar-refractivity contribution in [3.63, 3.8) is 0 Å². The molecule has 2 unspecified atom stereocenters. The highest BCUT2D eigenvalue weighted by molar-refractivity contribution is 5.80. The summed E-state index contributed by atoms with van der Waals surface area (Å²) in [6, 6.07) is 9.22. The van der Waals surface area contributed by atoms with Gasteiger partial charge in [0, 0.05) is 18.3 Å². The molecular formula is C15H18F3NO. The predicted octanol–water partition coefficient (Wildman–Crippen LogP) is 3.99. The second-order valence-electron chi connectivity index (χ2n) is 5.71. The third kappa shape index (κ3) is 3.52. The zero-order valence-corrected chi connectivity index (χ0v) is 11.3. The number of hydrogen-bond acceptors (Lipinski definition) is 1. The Morgan fingerprint density at radius 3 is 2.55 bits per heavy atom. The van der Waals surface area contributed by atoms with E-state index in [1.54, 1.807) is 0 Å². The van der Waals surface area contributed by atoms with E-state index in [-0.39, 0.29) is 24.8 Å². The van der Waals surface area contributed by atoms with Crippen LogP contribution < -0.4 is 5.32 Å². The average Bonchev–Trinajstić information content (AvgIpc) is 2.64. The van der Waals surface area contributed by atoms with Crippen molar-refractivity contribution in [1.82, 2.24) is 5.32 Å². The fraction of sp³-hybridized carbons (Fsp3) is 0.533. The van der Waals surface area contributed by atoms with Crippen molar-refractivity contribution in [3.8, 4) is 0 Å². The van der Waals surface area contributed by atoms with Gasteiger partial charge in [-0.1, -0.05) is 37.3 Å². The van der Waals surface area contributed by atoms with Crippen molar-refractivity contribution < 1.29 is 18.0 Å². The monoisotopic (exact) mass is 285 g/mol. The van der Waals surface area contributed by atoms with Gasteiger partial charge in [0.15, 0.2) is 0 Å². The molecule has 110 valence electrons. The SMILES string of the molecule is CC1(CCCC(F)(F)F)CC(=O)NC1c1ccccc1. The van der Waals surface area contributed by atoms with E-state index in [1.807, 2.05) is 37.3 Å². The molecule has 0 aliphatic carbocycles. The number of nitrogens with one attached hydrogen (secondary N) is 1. The van der Waals surface area contributed by atoms with Crippen LogP contribution in [0.2, 0.25) is 0 Å². The molecule has 2 atom stereocenters. The summed E-state index contributed by atoms with van der Waals surface area (Å²) in [7, 11) is 0. The first-order valence-electron chi connectivity index (χ1n) is 6.71. The number of amides is 1. The molecule has 2 nitrogen and oxygen atoms in total. The quantitative estimate of drug-likeness (QED) is 0.890. The number of alkyl halides is 3. The molecule has 1 aromatic rings. The van der Waals surface area contributed by atoms with E-state index in [2.05, 4.69) is 5.32 Å². The number of carbonyl (C=O) groups is 1. The Hall–Kier alpha value is -1.52. The van der Waals surface area contributed by atoms with E-state index in [0.29, 0.717) is 6.42 Å². The molecule has 1 aliphatic heterocycles. The lowest BCUT2D eigenvalue weighted by Crippen LogP contribution is -2.27. The summed E-state index contributed by atoms with van der Waals surface area (Å²) in [4.78, 5) is 11.7. The minimum Gasteiger partial charge on any atom is -0.349 e. The Labute approximate surface area is 116 Å². The molecule has 5 heteroatoms. The number of halogens is 3. The van der Waals surface area contributed by atoms with E-state index in [1.165, 1.54) is 0 Å². The smallest absolute Gasteiger partial charge is 0.349 e. The highest BCUT2D eigenvalue weighted by atomic mass is 19.4. The van der Waals surface area contributed by atoms with Gasteiger partial charge in [-0.2, -0.15) is 13.2 Å². The van der Waals surface area contributed by atoms with E-state index >= 15 is 0 Å². The summed E-state index contributed by atoms with van der Waals surface area (Å²) < 4.78 is 36.8. The Morgan fingerprint density at radius 1 is 1.30 bits per heavy atom. The summed E-state index contributed by atoms with van der Waals surface area (Å²) in [6.07, 6.45) is -4.21. The Bertz CT molecular complexity index is 472. The maximum atomic E-state index is 12.3. The first-order chi connectivity index (χ1) is 9.30. The summed E-state index contributed by atoms with van der Waals surface area (Å²) in [5.41, 5.74) is 0.497. The summed E-state index contributed by atoms with van der Waals surface area (Å²) in [5, 5.41) is 2.89. The van der Waals surface area contributed by atoms with Crippen LogP contribution in [-0.4, -0.2) is 12.1 Å². The third-order valence-electron chi connectivity index (χ3n) is 3.91. The number of benzene rings is 1. The zero-order chi connectivity index (χ0) is 14.8. The lowest BCUT2D eigenvalue weighted by molar-refractivity contribution is -0.136. The first-order valence-corrected chi connectivity index (χ1v) is 6.71. The zero-order valence-electron chi connectivity index (χ0n) is 11.3. The minimum absolute atomic E-state index is 0.0539. The maximum Gasteiger partial charge on any atom is 0.389 e. The molecule has 0 aromatic heterocycles. The second-order valence-corrected chi connectivity index (χ2v) is 5.71. The highest BCUT2D eigenvalue weighted by Gasteiger charge is 2.44. The topological polar surface area (TPSA) is 29.1 Å². The molecule has 1 amide bonds. The van der Waals surface area contributed by atoms with Crippen LogP contribution in [-0.2, 0) is 4.79 Å². The van der Waals surface area contributed by atoms with Gasteiger partial charge in [0.25, 0.3) is 0 Å². The van der Waals surface area contributed by atoms with Gasteiger partial charge >= 0.3 is 6.18 Å². The van der Waals surface area contributed by atoms with Crippen LogP contribution in [0.1, 0.15) is 44.2 Å². The van der Waals surface area contributed by atoms with Gasteiger partial charge in [-0.3, -0.25) is 4.79 Å². The predicted molar refractivity (Wildman–Crippen MR) is 70.0 cm³/mol. The third-order valence-corrected chi connectivity index (χ3v) is 3.91. The average molecular weight is 285 g/mol. The van der Waals surface area contributed by atoms with Crippen molar-refractivity contribution in [2.45, 2.75) is 44.8 Å². The van der Waals surface area contributed by atoms with Crippen molar-refractivity contribution in [2.75, 3.05) is 0 Å². The van der Waals surface area contributed by atoms with Crippen LogP contribution in [0.5, 0.6) is 0 Å². The van der Waals surface area contributed by atoms with Crippen molar-refractivity contribution in [2.24, 2.45) is 5.41 Å². The normalized spacial score (nSPS) is 26.6. The van der Waals surface area contributed by atoms with Gasteiger partial charge in [0.1, 0.15) is 0 Å². The van der Waals surface area contributed by atoms with Crippen LogP contribution in [0.15, 0.2) is 30.3 Å². The Balaban J connectivity index is 2.09. The maximum absolute atomic E-state index is 12.3. The van der Waals surface area contributed by atoms with E-state index in [9.17, 15) is 18.0 Å². The van der Waals surface area contributed by atoms with Gasteiger partial charge in [0.2, 0.25) is 5.91 Å². The molecular weight excluding hydrogens is 267 g/mol. The summed E-state index contributed by atoms with van der Waals surface area (Å²) in [5.74, 6) is -0.0895. The van der Waals surface area contributed by atoms with Crippen molar-refractivity contribution in [1.29, 1.82) is 0 Å². The Morgan fingerprint density at radius 2 is 1.95 bits per heavy atom. The van der Waals surface area contributed by atoms with Gasteiger partial charge in [-0.15, -0.1) is 0 Å². The largest absolute Gasteiger partial charge is 0.389 e. The van der Waals surface area contributed by atoms with Crippen LogP contribution in [0.25, 0.3) is 0 Å². The van der Waals surface area contributed by atoms with Crippen LogP contribution in [0.4, 0.5) is 13.2 Å². The van der Waals surface area contributed by atoms with E-state index in [0.717, 1.165) is 5.56 Å². The molecule has 1 heterocycles. The molecule has 0 saturated carbocycles. The molecule has 1 fully saturated rings. The standard InChI is InChI=1S/C15H18F3NO/c1-14(8-5-9-15(16,17)18)10-12(20)19-13(14)11-6-3-2-4-7-11/h2-4,6-7,13H,5,8-10H2,1H3,(H,19,20).